The molecule has 0 atom stereocenters. The number of carbonyl (C=O) groups excluding carboxylic acids is 1. The number of nitrogens with two attached hydrogens (primary N) is 2. The van der Waals surface area contributed by atoms with Gasteiger partial charge >= 0.3 is 0 Å². The molecule has 0 bridgehead atoms. The van der Waals surface area contributed by atoms with E-state index in [1.54, 1.807) is 18.2 Å². The molecule has 0 saturated carbocycles. The fraction of sp³-hybridized carbons (Fsp3) is 0.0667. The molecule has 0 fully saturated rings. The molecule has 2 heterocycles. The van der Waals surface area contributed by atoms with Crippen LogP contribution in [0, 0.1) is 5.82 Å². The van der Waals surface area contributed by atoms with Crippen LogP contribution in [-0.2, 0) is 11.2 Å². The van der Waals surface area contributed by atoms with Crippen molar-refractivity contribution < 1.29 is 9.18 Å². The number of rotatable bonds is 4. The summed E-state index contributed by atoms with van der Waals surface area (Å²) in [6.07, 6.45) is 1.29. The number of halogens is 2. The smallest absolute Gasteiger partial charge is 0.222 e. The largest absolute Gasteiger partial charge is 0.375 e. The minimum atomic E-state index is -0.619. The molecule has 1 aromatic carbocycles. The number of thiazole rings is 1. The van der Waals surface area contributed by atoms with Crippen LogP contribution in [0.25, 0.3) is 21.8 Å². The first-order valence-electron chi connectivity index (χ1n) is 6.77. The molecular weight excluding hydrogens is 353 g/mol. The van der Waals surface area contributed by atoms with Crippen molar-refractivity contribution >= 4 is 34.0 Å². The fourth-order valence-electron chi connectivity index (χ4n) is 2.24. The summed E-state index contributed by atoms with van der Waals surface area (Å²) in [6.45, 7) is 0. The van der Waals surface area contributed by atoms with E-state index in [9.17, 15) is 9.18 Å². The van der Waals surface area contributed by atoms with Gasteiger partial charge in [-0.25, -0.2) is 19.3 Å². The van der Waals surface area contributed by atoms with Crippen LogP contribution in [0.3, 0.4) is 0 Å². The van der Waals surface area contributed by atoms with Gasteiger partial charge in [-0.2, -0.15) is 0 Å². The van der Waals surface area contributed by atoms with Crippen LogP contribution < -0.4 is 11.5 Å². The first kappa shape index (κ1) is 16.3. The van der Waals surface area contributed by atoms with E-state index in [-0.39, 0.29) is 28.0 Å². The molecular formula is C15H11ClFN5OS. The van der Waals surface area contributed by atoms with Crippen molar-refractivity contribution in [1.82, 2.24) is 15.0 Å². The van der Waals surface area contributed by atoms with E-state index in [1.165, 1.54) is 12.3 Å². The normalized spacial score (nSPS) is 10.8. The van der Waals surface area contributed by atoms with Gasteiger partial charge < -0.3 is 11.5 Å². The Morgan fingerprint density at radius 3 is 2.79 bits per heavy atom. The zero-order valence-electron chi connectivity index (χ0n) is 12.2. The molecule has 6 nitrogen and oxygen atoms in total. The SMILES string of the molecule is NC(=O)Cc1cccc(-c2nc(N)sc2-c2ccnc(Cl)n2)c1F. The number of aromatic nitrogens is 3. The Labute approximate surface area is 145 Å². The Balaban J connectivity index is 2.16. The van der Waals surface area contributed by atoms with Crippen LogP contribution in [0.5, 0.6) is 0 Å². The maximum absolute atomic E-state index is 14.8. The van der Waals surface area contributed by atoms with Crippen LogP contribution >= 0.6 is 22.9 Å². The predicted octanol–water partition coefficient (Wildman–Crippen LogP) is 2.67. The second-order valence-corrected chi connectivity index (χ2v) is 6.23. The molecule has 0 radical (unpaired) electrons. The lowest BCUT2D eigenvalue weighted by Gasteiger charge is -2.07. The van der Waals surface area contributed by atoms with Crippen LogP contribution in [0.15, 0.2) is 30.5 Å². The van der Waals surface area contributed by atoms with E-state index in [0.29, 0.717) is 16.3 Å². The quantitative estimate of drug-likeness (QED) is 0.693. The van der Waals surface area contributed by atoms with Crippen LogP contribution in [-0.4, -0.2) is 20.9 Å². The number of anilines is 1. The van der Waals surface area contributed by atoms with Gasteiger partial charge in [0.1, 0.15) is 5.82 Å². The summed E-state index contributed by atoms with van der Waals surface area (Å²) in [6, 6.07) is 6.32. The number of carbonyl (C=O) groups is 1. The average molecular weight is 364 g/mol. The Morgan fingerprint density at radius 2 is 2.08 bits per heavy atom. The number of nitrogens with zero attached hydrogens (tertiary/aromatic N) is 3. The van der Waals surface area contributed by atoms with Crippen molar-refractivity contribution in [2.45, 2.75) is 6.42 Å². The third-order valence-corrected chi connectivity index (χ3v) is 4.29. The minimum absolute atomic E-state index is 0.0633. The molecule has 3 rings (SSSR count). The van der Waals surface area contributed by atoms with Crippen LogP contribution in [0.4, 0.5) is 9.52 Å². The molecule has 3 aromatic rings. The highest BCUT2D eigenvalue weighted by Crippen LogP contribution is 2.38. The van der Waals surface area contributed by atoms with E-state index in [2.05, 4.69) is 15.0 Å². The van der Waals surface area contributed by atoms with Gasteiger partial charge in [-0.3, -0.25) is 4.79 Å². The topological polar surface area (TPSA) is 108 Å². The lowest BCUT2D eigenvalue weighted by atomic mass is 10.0. The molecule has 122 valence electrons. The third-order valence-electron chi connectivity index (χ3n) is 3.20. The van der Waals surface area contributed by atoms with Crippen LogP contribution in [0.2, 0.25) is 5.28 Å². The molecule has 0 aliphatic carbocycles. The van der Waals surface area contributed by atoms with Gasteiger partial charge in [-0.05, 0) is 29.3 Å². The molecule has 0 spiro atoms. The highest BCUT2D eigenvalue weighted by molar-refractivity contribution is 7.19. The number of hydrogen-bond donors (Lipinski definition) is 2. The summed E-state index contributed by atoms with van der Waals surface area (Å²) < 4.78 is 14.8. The van der Waals surface area contributed by atoms with Gasteiger partial charge in [-0.1, -0.05) is 23.5 Å². The van der Waals surface area contributed by atoms with E-state index in [1.807, 2.05) is 0 Å². The molecule has 0 aliphatic rings. The zero-order valence-corrected chi connectivity index (χ0v) is 13.7. The Bertz CT molecular complexity index is 930. The molecule has 24 heavy (non-hydrogen) atoms. The van der Waals surface area contributed by atoms with Crippen molar-refractivity contribution in [3.8, 4) is 21.8 Å². The highest BCUT2D eigenvalue weighted by atomic mass is 35.5. The molecule has 9 heteroatoms. The van der Waals surface area contributed by atoms with Gasteiger partial charge in [0.2, 0.25) is 11.2 Å². The molecule has 0 aliphatic heterocycles. The monoisotopic (exact) mass is 363 g/mol. The molecule has 0 saturated heterocycles. The minimum Gasteiger partial charge on any atom is -0.375 e. The lowest BCUT2D eigenvalue weighted by molar-refractivity contribution is -0.117. The summed E-state index contributed by atoms with van der Waals surface area (Å²) in [5.74, 6) is -1.19. The fourth-order valence-corrected chi connectivity index (χ4v) is 3.21. The van der Waals surface area contributed by atoms with Crippen molar-refractivity contribution in [2.75, 3.05) is 5.73 Å². The summed E-state index contributed by atoms with van der Waals surface area (Å²) >= 11 is 6.98. The molecule has 0 unspecified atom stereocenters. The number of benzene rings is 1. The second-order valence-electron chi connectivity index (χ2n) is 4.86. The van der Waals surface area contributed by atoms with Gasteiger partial charge in [0.25, 0.3) is 0 Å². The third kappa shape index (κ3) is 3.19. The second kappa shape index (κ2) is 6.50. The number of hydrogen-bond acceptors (Lipinski definition) is 6. The number of primary amides is 1. The average Bonchev–Trinajstić information content (AvgIpc) is 2.91. The highest BCUT2D eigenvalue weighted by Gasteiger charge is 2.20. The van der Waals surface area contributed by atoms with Gasteiger partial charge in [0.15, 0.2) is 5.13 Å². The standard InChI is InChI=1S/C15H11ClFN5OS/c16-14-20-5-4-9(21-14)13-12(22-15(19)24-13)8-3-1-2-7(11(8)17)6-10(18)23/h1-5H,6H2,(H2,18,23)(H2,19,22). The number of amides is 1. The van der Waals surface area contributed by atoms with Gasteiger partial charge in [-0.15, -0.1) is 0 Å². The Hall–Kier alpha value is -2.58. The van der Waals surface area contributed by atoms with Gasteiger partial charge in [0, 0.05) is 11.8 Å². The van der Waals surface area contributed by atoms with E-state index < -0.39 is 11.7 Å². The molecule has 4 N–H and O–H groups in total. The molecule has 1 amide bonds. The first-order chi connectivity index (χ1) is 11.5. The Morgan fingerprint density at radius 1 is 1.29 bits per heavy atom. The van der Waals surface area contributed by atoms with Crippen LogP contribution in [0.1, 0.15) is 5.56 Å². The van der Waals surface area contributed by atoms with Crippen molar-refractivity contribution in [1.29, 1.82) is 0 Å². The molecule has 2 aromatic heterocycles. The zero-order chi connectivity index (χ0) is 17.3. The lowest BCUT2D eigenvalue weighted by Crippen LogP contribution is -2.14. The first-order valence-corrected chi connectivity index (χ1v) is 7.96. The summed E-state index contributed by atoms with van der Waals surface area (Å²) in [5.41, 5.74) is 12.2. The van der Waals surface area contributed by atoms with Gasteiger partial charge in [0.05, 0.1) is 22.7 Å². The summed E-state index contributed by atoms with van der Waals surface area (Å²) in [5, 5.41) is 0.322. The van der Waals surface area contributed by atoms with Crippen molar-refractivity contribution in [3.63, 3.8) is 0 Å². The number of nitrogen functional groups attached to an aromatic ring is 1. The predicted molar refractivity (Wildman–Crippen MR) is 90.9 cm³/mol. The van der Waals surface area contributed by atoms with Crippen molar-refractivity contribution in [2.24, 2.45) is 5.73 Å². The van der Waals surface area contributed by atoms with E-state index >= 15 is 0 Å². The van der Waals surface area contributed by atoms with E-state index in [0.717, 1.165) is 11.3 Å². The summed E-state index contributed by atoms with van der Waals surface area (Å²) in [4.78, 5) is 23.8. The Kier molecular flexibility index (Phi) is 4.41. The maximum Gasteiger partial charge on any atom is 0.222 e. The van der Waals surface area contributed by atoms with Crippen molar-refractivity contribution in [3.05, 3.63) is 47.1 Å². The van der Waals surface area contributed by atoms with E-state index in [4.69, 9.17) is 23.1 Å². The maximum atomic E-state index is 14.8. The summed E-state index contributed by atoms with van der Waals surface area (Å²) in [7, 11) is 0.